The van der Waals surface area contributed by atoms with Crippen LogP contribution in [0.5, 0.6) is 0 Å². The summed E-state index contributed by atoms with van der Waals surface area (Å²) >= 11 is 0. The lowest BCUT2D eigenvalue weighted by Crippen LogP contribution is -2.40. The molecule has 2 nitrogen and oxygen atoms in total. The van der Waals surface area contributed by atoms with E-state index in [1.54, 1.807) is 0 Å². The molecular formula is C13H25NO. The van der Waals surface area contributed by atoms with E-state index in [0.29, 0.717) is 6.04 Å². The van der Waals surface area contributed by atoms with Crippen LogP contribution in [0.25, 0.3) is 0 Å². The van der Waals surface area contributed by atoms with Crippen LogP contribution in [-0.2, 0) is 0 Å². The number of rotatable bonds is 3. The summed E-state index contributed by atoms with van der Waals surface area (Å²) in [5.41, 5.74) is 0. The lowest BCUT2D eigenvalue weighted by atomic mass is 9.80. The third kappa shape index (κ3) is 2.94. The zero-order valence-corrected chi connectivity index (χ0v) is 9.91. The van der Waals surface area contributed by atoms with Gasteiger partial charge >= 0.3 is 0 Å². The molecule has 2 aliphatic rings. The minimum absolute atomic E-state index is 0.0797. The summed E-state index contributed by atoms with van der Waals surface area (Å²) in [6.45, 7) is 3.51. The highest BCUT2D eigenvalue weighted by Gasteiger charge is 2.27. The molecule has 0 bridgehead atoms. The molecule has 2 rings (SSSR count). The van der Waals surface area contributed by atoms with Crippen LogP contribution in [0, 0.1) is 11.8 Å². The van der Waals surface area contributed by atoms with Gasteiger partial charge in [-0.3, -0.25) is 0 Å². The fraction of sp³-hybridized carbons (Fsp3) is 1.00. The Morgan fingerprint density at radius 1 is 1.07 bits per heavy atom. The summed E-state index contributed by atoms with van der Waals surface area (Å²) in [5, 5.41) is 13.3. The van der Waals surface area contributed by atoms with Crippen LogP contribution in [0.4, 0.5) is 0 Å². The van der Waals surface area contributed by atoms with E-state index < -0.39 is 0 Å². The number of aliphatic hydroxyl groups excluding tert-OH is 1. The molecule has 4 atom stereocenters. The summed E-state index contributed by atoms with van der Waals surface area (Å²) < 4.78 is 0. The predicted molar refractivity (Wildman–Crippen MR) is 62.8 cm³/mol. The maximum atomic E-state index is 9.72. The van der Waals surface area contributed by atoms with E-state index in [1.165, 1.54) is 38.5 Å². The van der Waals surface area contributed by atoms with Crippen LogP contribution in [0.3, 0.4) is 0 Å². The molecule has 0 aliphatic heterocycles. The number of hydrogen-bond acceptors (Lipinski definition) is 2. The normalized spacial score (nSPS) is 42.0. The van der Waals surface area contributed by atoms with Crippen molar-refractivity contribution < 1.29 is 5.11 Å². The molecule has 2 aliphatic carbocycles. The smallest absolute Gasteiger partial charge is 0.0693 e. The molecule has 88 valence electrons. The van der Waals surface area contributed by atoms with Gasteiger partial charge in [0.25, 0.3) is 0 Å². The second kappa shape index (κ2) is 5.31. The van der Waals surface area contributed by atoms with Gasteiger partial charge in [-0.2, -0.15) is 0 Å². The second-order valence-electron chi connectivity index (χ2n) is 5.53. The van der Waals surface area contributed by atoms with Gasteiger partial charge in [0, 0.05) is 6.04 Å². The molecule has 0 aromatic carbocycles. The van der Waals surface area contributed by atoms with Crippen molar-refractivity contribution in [3.8, 4) is 0 Å². The standard InChI is InChI=1S/C13H25NO/c1-10-5-2-3-6-11(10)9-14-12-7-4-8-13(12)15/h10-15H,2-9H2,1H3/t10?,11?,12-,13-/m0/s1. The van der Waals surface area contributed by atoms with Crippen molar-refractivity contribution in [2.75, 3.05) is 6.54 Å². The van der Waals surface area contributed by atoms with E-state index in [9.17, 15) is 5.11 Å². The van der Waals surface area contributed by atoms with Gasteiger partial charge in [0.2, 0.25) is 0 Å². The average Bonchev–Trinajstić information content (AvgIpc) is 2.63. The second-order valence-corrected chi connectivity index (χ2v) is 5.53. The highest BCUT2D eigenvalue weighted by Crippen LogP contribution is 2.29. The maximum Gasteiger partial charge on any atom is 0.0693 e. The highest BCUT2D eigenvalue weighted by molar-refractivity contribution is 4.84. The Morgan fingerprint density at radius 3 is 2.53 bits per heavy atom. The van der Waals surface area contributed by atoms with Crippen molar-refractivity contribution in [1.29, 1.82) is 0 Å². The van der Waals surface area contributed by atoms with Crippen molar-refractivity contribution in [2.45, 2.75) is 64.0 Å². The van der Waals surface area contributed by atoms with Gasteiger partial charge in [0.05, 0.1) is 6.10 Å². The van der Waals surface area contributed by atoms with Crippen LogP contribution >= 0.6 is 0 Å². The van der Waals surface area contributed by atoms with E-state index in [4.69, 9.17) is 0 Å². The molecule has 0 amide bonds. The summed E-state index contributed by atoms with van der Waals surface area (Å²) in [7, 11) is 0. The molecule has 2 saturated carbocycles. The Hall–Kier alpha value is -0.0800. The van der Waals surface area contributed by atoms with Crippen LogP contribution < -0.4 is 5.32 Å². The van der Waals surface area contributed by atoms with E-state index in [-0.39, 0.29) is 6.10 Å². The van der Waals surface area contributed by atoms with Gasteiger partial charge in [-0.25, -0.2) is 0 Å². The monoisotopic (exact) mass is 211 g/mol. The molecule has 2 fully saturated rings. The molecule has 0 aromatic rings. The molecule has 0 spiro atoms. The van der Waals surface area contributed by atoms with E-state index in [1.807, 2.05) is 0 Å². The van der Waals surface area contributed by atoms with Gasteiger partial charge < -0.3 is 10.4 Å². The molecule has 0 heterocycles. The van der Waals surface area contributed by atoms with Gasteiger partial charge in [0.1, 0.15) is 0 Å². The summed E-state index contributed by atoms with van der Waals surface area (Å²) in [6, 6.07) is 0.388. The number of aliphatic hydroxyl groups is 1. The van der Waals surface area contributed by atoms with E-state index in [0.717, 1.165) is 24.8 Å². The highest BCUT2D eigenvalue weighted by atomic mass is 16.3. The molecule has 2 unspecified atom stereocenters. The fourth-order valence-corrected chi connectivity index (χ4v) is 3.18. The molecule has 15 heavy (non-hydrogen) atoms. The minimum Gasteiger partial charge on any atom is -0.392 e. The summed E-state index contributed by atoms with van der Waals surface area (Å²) in [5.74, 6) is 1.73. The summed E-state index contributed by atoms with van der Waals surface area (Å²) in [6.07, 6.45) is 8.90. The third-order valence-electron chi connectivity index (χ3n) is 4.41. The largest absolute Gasteiger partial charge is 0.392 e. The first kappa shape index (κ1) is 11.4. The quantitative estimate of drug-likeness (QED) is 0.751. The van der Waals surface area contributed by atoms with Crippen LogP contribution in [0.15, 0.2) is 0 Å². The Balaban J connectivity index is 1.72. The molecule has 2 N–H and O–H groups in total. The molecule has 0 saturated heterocycles. The topological polar surface area (TPSA) is 32.3 Å². The fourth-order valence-electron chi connectivity index (χ4n) is 3.18. The Labute approximate surface area is 93.5 Å². The molecule has 2 heteroatoms. The minimum atomic E-state index is -0.0797. The average molecular weight is 211 g/mol. The first-order valence-electron chi connectivity index (χ1n) is 6.69. The van der Waals surface area contributed by atoms with Gasteiger partial charge in [-0.15, -0.1) is 0 Å². The van der Waals surface area contributed by atoms with Crippen molar-refractivity contribution in [1.82, 2.24) is 5.32 Å². The van der Waals surface area contributed by atoms with E-state index in [2.05, 4.69) is 12.2 Å². The van der Waals surface area contributed by atoms with Crippen LogP contribution in [-0.4, -0.2) is 23.8 Å². The molecule has 0 radical (unpaired) electrons. The van der Waals surface area contributed by atoms with Crippen molar-refractivity contribution in [2.24, 2.45) is 11.8 Å². The Morgan fingerprint density at radius 2 is 1.87 bits per heavy atom. The first-order chi connectivity index (χ1) is 7.27. The lowest BCUT2D eigenvalue weighted by molar-refractivity contribution is 0.140. The predicted octanol–water partition coefficient (Wildman–Crippen LogP) is 2.32. The lowest BCUT2D eigenvalue weighted by Gasteiger charge is -2.30. The number of hydrogen-bond donors (Lipinski definition) is 2. The van der Waals surface area contributed by atoms with Gasteiger partial charge in [0.15, 0.2) is 0 Å². The van der Waals surface area contributed by atoms with E-state index >= 15 is 0 Å². The van der Waals surface area contributed by atoms with Crippen molar-refractivity contribution in [3.63, 3.8) is 0 Å². The maximum absolute atomic E-state index is 9.72. The molecule has 0 aromatic heterocycles. The van der Waals surface area contributed by atoms with Crippen LogP contribution in [0.1, 0.15) is 51.9 Å². The Kier molecular flexibility index (Phi) is 4.04. The zero-order valence-electron chi connectivity index (χ0n) is 9.91. The molecular weight excluding hydrogens is 186 g/mol. The summed E-state index contributed by atoms with van der Waals surface area (Å²) in [4.78, 5) is 0. The van der Waals surface area contributed by atoms with Crippen molar-refractivity contribution in [3.05, 3.63) is 0 Å². The van der Waals surface area contributed by atoms with Gasteiger partial charge in [-0.05, 0) is 44.1 Å². The first-order valence-corrected chi connectivity index (χ1v) is 6.69. The van der Waals surface area contributed by atoms with Crippen molar-refractivity contribution >= 4 is 0 Å². The van der Waals surface area contributed by atoms with Crippen LogP contribution in [0.2, 0.25) is 0 Å². The third-order valence-corrected chi connectivity index (χ3v) is 4.41. The SMILES string of the molecule is CC1CCCCC1CN[C@H]1CCC[C@@H]1O. The Bertz CT molecular complexity index is 195. The van der Waals surface area contributed by atoms with Gasteiger partial charge in [-0.1, -0.05) is 26.2 Å². The number of nitrogens with one attached hydrogen (secondary N) is 1. The zero-order chi connectivity index (χ0) is 10.7.